The monoisotopic (exact) mass is 166 g/mol. The summed E-state index contributed by atoms with van der Waals surface area (Å²) >= 11 is 0. The van der Waals surface area contributed by atoms with Crippen molar-refractivity contribution in [3.63, 3.8) is 0 Å². The average molecular weight is 166 g/mol. The molecule has 0 aromatic carbocycles. The molecule has 1 rings (SSSR count). The maximum absolute atomic E-state index is 11.2. The van der Waals surface area contributed by atoms with Crippen molar-refractivity contribution in [3.05, 3.63) is 24.0 Å². The lowest BCUT2D eigenvalue weighted by atomic mass is 10.3. The van der Waals surface area contributed by atoms with Crippen molar-refractivity contribution >= 4 is 11.7 Å². The van der Waals surface area contributed by atoms with Gasteiger partial charge in [0.05, 0.1) is 0 Å². The van der Waals surface area contributed by atoms with Crippen LogP contribution in [0, 0.1) is 0 Å². The van der Waals surface area contributed by atoms with Gasteiger partial charge in [-0.2, -0.15) is 0 Å². The summed E-state index contributed by atoms with van der Waals surface area (Å²) in [5.74, 6) is 0.271. The quantitative estimate of drug-likeness (QED) is 0.678. The van der Waals surface area contributed by atoms with Gasteiger partial charge in [-0.3, -0.25) is 4.79 Å². The summed E-state index contributed by atoms with van der Waals surface area (Å²) in [6.07, 6.45) is 3.13. The number of anilines is 1. The zero-order chi connectivity index (χ0) is 8.97. The highest BCUT2D eigenvalue weighted by Crippen LogP contribution is 2.03. The van der Waals surface area contributed by atoms with Crippen LogP contribution in [-0.4, -0.2) is 11.1 Å². The molecule has 1 aromatic rings. The zero-order valence-electron chi connectivity index (χ0n) is 7.00. The highest BCUT2D eigenvalue weighted by molar-refractivity contribution is 6.02. The molecule has 0 saturated heterocycles. The van der Waals surface area contributed by atoms with Crippen molar-refractivity contribution in [2.75, 3.05) is 5.32 Å². The molecule has 0 saturated carbocycles. The van der Waals surface area contributed by atoms with Gasteiger partial charge in [-0.05, 0) is 13.8 Å². The highest BCUT2D eigenvalue weighted by Gasteiger charge is 2.04. The highest BCUT2D eigenvalue weighted by atomic mass is 16.5. The van der Waals surface area contributed by atoms with E-state index in [9.17, 15) is 4.79 Å². The Morgan fingerprint density at radius 1 is 1.75 bits per heavy atom. The van der Waals surface area contributed by atoms with E-state index in [-0.39, 0.29) is 5.91 Å². The normalized spacial score (nSPS) is 11.3. The van der Waals surface area contributed by atoms with Gasteiger partial charge in [0.1, 0.15) is 6.26 Å². The van der Waals surface area contributed by atoms with Gasteiger partial charge >= 0.3 is 0 Å². The molecule has 1 aromatic heterocycles. The summed E-state index contributed by atoms with van der Waals surface area (Å²) in [6.45, 7) is 3.53. The number of amides is 1. The first kappa shape index (κ1) is 8.52. The van der Waals surface area contributed by atoms with Crippen LogP contribution in [0.3, 0.4) is 0 Å². The summed E-state index contributed by atoms with van der Waals surface area (Å²) in [7, 11) is 0. The molecule has 0 unspecified atom stereocenters. The van der Waals surface area contributed by atoms with Crippen LogP contribution in [0.2, 0.25) is 0 Å². The van der Waals surface area contributed by atoms with Gasteiger partial charge in [-0.25, -0.2) is 0 Å². The van der Waals surface area contributed by atoms with E-state index in [1.807, 2.05) is 0 Å². The molecule has 0 aliphatic heterocycles. The Labute approximate surface area is 70.2 Å². The van der Waals surface area contributed by atoms with Crippen LogP contribution in [0.5, 0.6) is 0 Å². The minimum absolute atomic E-state index is 0.161. The van der Waals surface area contributed by atoms with Crippen molar-refractivity contribution in [3.8, 4) is 0 Å². The Kier molecular flexibility index (Phi) is 2.63. The van der Waals surface area contributed by atoms with E-state index >= 15 is 0 Å². The molecule has 0 bridgehead atoms. The number of carbonyl (C=O) groups is 1. The van der Waals surface area contributed by atoms with Crippen molar-refractivity contribution < 1.29 is 9.32 Å². The summed E-state index contributed by atoms with van der Waals surface area (Å²) in [5.41, 5.74) is 0.651. The molecular weight excluding hydrogens is 156 g/mol. The number of aromatic nitrogens is 1. The maximum atomic E-state index is 11.2. The minimum Gasteiger partial charge on any atom is -0.363 e. The Hall–Kier alpha value is -1.58. The molecule has 0 aliphatic rings. The maximum Gasteiger partial charge on any atom is 0.252 e. The third kappa shape index (κ3) is 1.95. The summed E-state index contributed by atoms with van der Waals surface area (Å²) in [4.78, 5) is 11.2. The predicted molar refractivity (Wildman–Crippen MR) is 44.6 cm³/mol. The van der Waals surface area contributed by atoms with E-state index in [0.29, 0.717) is 11.4 Å². The number of allylic oxidation sites excluding steroid dienone is 1. The van der Waals surface area contributed by atoms with E-state index < -0.39 is 0 Å². The van der Waals surface area contributed by atoms with Crippen LogP contribution in [0.1, 0.15) is 13.8 Å². The molecule has 12 heavy (non-hydrogen) atoms. The van der Waals surface area contributed by atoms with Crippen LogP contribution < -0.4 is 5.32 Å². The van der Waals surface area contributed by atoms with Gasteiger partial charge in [0, 0.05) is 11.6 Å². The molecule has 0 radical (unpaired) electrons. The second-order valence-corrected chi connectivity index (χ2v) is 2.31. The third-order valence-corrected chi connectivity index (χ3v) is 1.47. The first-order valence-corrected chi connectivity index (χ1v) is 3.58. The van der Waals surface area contributed by atoms with Gasteiger partial charge in [0.25, 0.3) is 5.91 Å². The summed E-state index contributed by atoms with van der Waals surface area (Å²) < 4.78 is 4.54. The largest absolute Gasteiger partial charge is 0.363 e. The Bertz CT molecular complexity index is 288. The van der Waals surface area contributed by atoms with E-state index in [1.165, 1.54) is 6.26 Å². The van der Waals surface area contributed by atoms with Crippen molar-refractivity contribution in [1.82, 2.24) is 5.16 Å². The van der Waals surface area contributed by atoms with Crippen LogP contribution in [0.25, 0.3) is 0 Å². The number of nitrogens with one attached hydrogen (secondary N) is 1. The number of nitrogens with zero attached hydrogens (tertiary/aromatic N) is 1. The van der Waals surface area contributed by atoms with Gasteiger partial charge in [0.15, 0.2) is 5.82 Å². The van der Waals surface area contributed by atoms with Crippen LogP contribution in [0.15, 0.2) is 28.5 Å². The van der Waals surface area contributed by atoms with Gasteiger partial charge in [0.2, 0.25) is 0 Å². The van der Waals surface area contributed by atoms with Crippen molar-refractivity contribution in [2.24, 2.45) is 0 Å². The third-order valence-electron chi connectivity index (χ3n) is 1.47. The Morgan fingerprint density at radius 2 is 2.50 bits per heavy atom. The van der Waals surface area contributed by atoms with Gasteiger partial charge in [-0.1, -0.05) is 11.2 Å². The first-order valence-electron chi connectivity index (χ1n) is 3.58. The first-order chi connectivity index (χ1) is 5.74. The number of hydrogen-bond acceptors (Lipinski definition) is 3. The molecule has 1 N–H and O–H groups in total. The minimum atomic E-state index is -0.161. The van der Waals surface area contributed by atoms with Gasteiger partial charge in [-0.15, -0.1) is 0 Å². The second-order valence-electron chi connectivity index (χ2n) is 2.31. The Balaban J connectivity index is 2.59. The molecule has 0 spiro atoms. The van der Waals surface area contributed by atoms with Crippen LogP contribution in [-0.2, 0) is 4.79 Å². The molecule has 64 valence electrons. The van der Waals surface area contributed by atoms with E-state index in [0.717, 1.165) is 0 Å². The van der Waals surface area contributed by atoms with Crippen LogP contribution in [0.4, 0.5) is 5.82 Å². The predicted octanol–water partition coefficient (Wildman–Crippen LogP) is 1.58. The lowest BCUT2D eigenvalue weighted by Gasteiger charge is -1.98. The average Bonchev–Trinajstić information content (AvgIpc) is 2.55. The molecule has 4 heteroatoms. The molecule has 4 nitrogen and oxygen atoms in total. The molecule has 0 fully saturated rings. The fraction of sp³-hybridized carbons (Fsp3) is 0.250. The van der Waals surface area contributed by atoms with Crippen LogP contribution >= 0.6 is 0 Å². The summed E-state index contributed by atoms with van der Waals surface area (Å²) in [6, 6.07) is 1.58. The number of carbonyl (C=O) groups excluding carboxylic acids is 1. The topological polar surface area (TPSA) is 55.1 Å². The zero-order valence-corrected chi connectivity index (χ0v) is 7.00. The number of hydrogen-bond donors (Lipinski definition) is 1. The lowest BCUT2D eigenvalue weighted by Crippen LogP contribution is -2.12. The second kappa shape index (κ2) is 3.71. The van der Waals surface area contributed by atoms with Crippen molar-refractivity contribution in [1.29, 1.82) is 0 Å². The number of rotatable bonds is 2. The molecular formula is C8H10N2O2. The SMILES string of the molecule is C/C=C(/C)C(=O)Nc1ccon1. The molecule has 0 atom stereocenters. The van der Waals surface area contributed by atoms with Gasteiger partial charge < -0.3 is 9.84 Å². The smallest absolute Gasteiger partial charge is 0.252 e. The Morgan fingerprint density at radius 3 is 3.00 bits per heavy atom. The van der Waals surface area contributed by atoms with E-state index in [2.05, 4.69) is 15.0 Å². The van der Waals surface area contributed by atoms with Crippen molar-refractivity contribution in [2.45, 2.75) is 13.8 Å². The standard InChI is InChI=1S/C8H10N2O2/c1-3-6(2)8(11)9-7-4-5-12-10-7/h3-5H,1-2H3,(H,9,10,11)/b6-3-. The fourth-order valence-corrected chi connectivity index (χ4v) is 0.623. The fourth-order valence-electron chi connectivity index (χ4n) is 0.623. The summed E-state index contributed by atoms with van der Waals surface area (Å²) in [5, 5.41) is 6.10. The molecule has 1 heterocycles. The molecule has 0 aliphatic carbocycles. The van der Waals surface area contributed by atoms with E-state index in [4.69, 9.17) is 0 Å². The van der Waals surface area contributed by atoms with E-state index in [1.54, 1.807) is 26.0 Å². The molecule has 1 amide bonds. The lowest BCUT2D eigenvalue weighted by molar-refractivity contribution is -0.112.